The first-order chi connectivity index (χ1) is 16.2. The summed E-state index contributed by atoms with van der Waals surface area (Å²) in [5, 5.41) is 3.01. The van der Waals surface area contributed by atoms with Crippen LogP contribution in [-0.4, -0.2) is 22.0 Å². The van der Waals surface area contributed by atoms with Crippen LogP contribution in [0.2, 0.25) is 0 Å². The molecule has 0 unspecified atom stereocenters. The zero-order chi connectivity index (χ0) is 22.9. The summed E-state index contributed by atoms with van der Waals surface area (Å²) in [5.74, 6) is 1.09. The van der Waals surface area contributed by atoms with Gasteiger partial charge in [0.05, 0.1) is 11.0 Å². The Bertz CT molecular complexity index is 1230. The molecular formula is C28H28BrN3O. The number of halogens is 1. The maximum Gasteiger partial charge on any atom is 0.251 e. The molecule has 168 valence electrons. The van der Waals surface area contributed by atoms with Gasteiger partial charge in [-0.25, -0.2) is 4.98 Å². The molecule has 0 aliphatic rings. The Morgan fingerprint density at radius 2 is 1.76 bits per heavy atom. The summed E-state index contributed by atoms with van der Waals surface area (Å²) < 4.78 is 3.22. The standard InChI is InChI=1S/C28H28BrN3O/c29-24-15-9-14-23(21-24)28(33)30-19-8-2-5-18-27-31-25-16-6-7-17-26(25)32(27)20-10-13-22-11-3-1-4-12-22/h1,3-4,6-7,9-17,21H,2,5,8,18-20H2,(H,30,33)/b13-10+. The molecule has 1 amide bonds. The second kappa shape index (κ2) is 11.6. The Balaban J connectivity index is 1.29. The van der Waals surface area contributed by atoms with Crippen LogP contribution >= 0.6 is 15.9 Å². The van der Waals surface area contributed by atoms with Crippen molar-refractivity contribution in [2.24, 2.45) is 0 Å². The number of nitrogens with one attached hydrogen (secondary N) is 1. The third-order valence-corrected chi connectivity index (χ3v) is 6.07. The van der Waals surface area contributed by atoms with Crippen LogP contribution in [0.5, 0.6) is 0 Å². The number of hydrogen-bond acceptors (Lipinski definition) is 2. The number of aryl methyl sites for hydroxylation is 1. The average Bonchev–Trinajstić information content (AvgIpc) is 3.19. The molecule has 0 fully saturated rings. The van der Waals surface area contributed by atoms with E-state index in [2.05, 4.69) is 80.4 Å². The summed E-state index contributed by atoms with van der Waals surface area (Å²) in [6.07, 6.45) is 8.32. The van der Waals surface area contributed by atoms with Gasteiger partial charge in [-0.2, -0.15) is 0 Å². The van der Waals surface area contributed by atoms with Crippen LogP contribution in [0.3, 0.4) is 0 Å². The van der Waals surface area contributed by atoms with Crippen molar-refractivity contribution >= 4 is 38.9 Å². The van der Waals surface area contributed by atoms with Crippen molar-refractivity contribution in [3.8, 4) is 0 Å². The lowest BCUT2D eigenvalue weighted by molar-refractivity contribution is 0.0953. The van der Waals surface area contributed by atoms with Gasteiger partial charge in [0.2, 0.25) is 0 Å². The first kappa shape index (κ1) is 23.0. The first-order valence-electron chi connectivity index (χ1n) is 11.4. The SMILES string of the molecule is O=C(NCCCCCc1nc2ccccc2n1C/C=C/c1ccccc1)c1cccc(Br)c1. The predicted octanol–water partition coefficient (Wildman–Crippen LogP) is 6.66. The van der Waals surface area contributed by atoms with Crippen LogP contribution in [0.4, 0.5) is 0 Å². The Kier molecular flexibility index (Phi) is 8.09. The molecule has 4 aromatic rings. The second-order valence-corrected chi connectivity index (χ2v) is 8.93. The molecule has 1 aromatic heterocycles. The van der Waals surface area contributed by atoms with Gasteiger partial charge >= 0.3 is 0 Å². The van der Waals surface area contributed by atoms with Gasteiger partial charge < -0.3 is 9.88 Å². The van der Waals surface area contributed by atoms with Crippen molar-refractivity contribution < 1.29 is 4.79 Å². The summed E-state index contributed by atoms with van der Waals surface area (Å²) in [6.45, 7) is 1.48. The van der Waals surface area contributed by atoms with E-state index in [1.165, 1.54) is 11.1 Å². The van der Waals surface area contributed by atoms with E-state index in [4.69, 9.17) is 4.98 Å². The Morgan fingerprint density at radius 3 is 2.61 bits per heavy atom. The third-order valence-electron chi connectivity index (χ3n) is 5.58. The minimum atomic E-state index is -0.0247. The number of hydrogen-bond donors (Lipinski definition) is 1. The molecule has 3 aromatic carbocycles. The monoisotopic (exact) mass is 501 g/mol. The van der Waals surface area contributed by atoms with E-state index in [9.17, 15) is 4.79 Å². The van der Waals surface area contributed by atoms with Gasteiger partial charge in [-0.1, -0.05) is 83.0 Å². The molecule has 4 rings (SSSR count). The van der Waals surface area contributed by atoms with Gasteiger partial charge in [0.1, 0.15) is 5.82 Å². The number of para-hydroxylation sites is 2. The highest BCUT2D eigenvalue weighted by Crippen LogP contribution is 2.18. The van der Waals surface area contributed by atoms with Crippen LogP contribution in [0, 0.1) is 0 Å². The molecule has 33 heavy (non-hydrogen) atoms. The summed E-state index contributed by atoms with van der Waals surface area (Å²) in [4.78, 5) is 17.1. The molecule has 0 radical (unpaired) electrons. The van der Waals surface area contributed by atoms with E-state index < -0.39 is 0 Å². The zero-order valence-electron chi connectivity index (χ0n) is 18.6. The lowest BCUT2D eigenvalue weighted by Crippen LogP contribution is -2.24. The number of allylic oxidation sites excluding steroid dienone is 1. The van der Waals surface area contributed by atoms with Crippen molar-refractivity contribution in [1.82, 2.24) is 14.9 Å². The molecule has 0 bridgehead atoms. The minimum Gasteiger partial charge on any atom is -0.352 e. The molecule has 0 saturated heterocycles. The highest BCUT2D eigenvalue weighted by atomic mass is 79.9. The van der Waals surface area contributed by atoms with E-state index in [0.29, 0.717) is 12.1 Å². The maximum absolute atomic E-state index is 12.2. The molecule has 1 heterocycles. The summed E-state index contributed by atoms with van der Waals surface area (Å²) in [5.41, 5.74) is 4.10. The van der Waals surface area contributed by atoms with Crippen LogP contribution in [0.25, 0.3) is 17.1 Å². The van der Waals surface area contributed by atoms with Gasteiger partial charge in [0.15, 0.2) is 0 Å². The Hall–Kier alpha value is -3.18. The number of amides is 1. The van der Waals surface area contributed by atoms with Gasteiger partial charge in [-0.15, -0.1) is 0 Å². The number of rotatable bonds is 10. The van der Waals surface area contributed by atoms with E-state index >= 15 is 0 Å². The number of fused-ring (bicyclic) bond motifs is 1. The molecule has 0 spiro atoms. The van der Waals surface area contributed by atoms with Gasteiger partial charge in [0.25, 0.3) is 5.91 Å². The lowest BCUT2D eigenvalue weighted by Gasteiger charge is -2.08. The van der Waals surface area contributed by atoms with Crippen LogP contribution in [0.15, 0.2) is 89.4 Å². The highest BCUT2D eigenvalue weighted by Gasteiger charge is 2.09. The molecule has 0 atom stereocenters. The number of unbranched alkanes of at least 4 members (excludes halogenated alkanes) is 2. The van der Waals surface area contributed by atoms with Crippen LogP contribution in [0.1, 0.15) is 41.0 Å². The molecular weight excluding hydrogens is 474 g/mol. The van der Waals surface area contributed by atoms with Crippen molar-refractivity contribution in [2.45, 2.75) is 32.2 Å². The summed E-state index contributed by atoms with van der Waals surface area (Å²) >= 11 is 3.41. The van der Waals surface area contributed by atoms with Crippen LogP contribution in [-0.2, 0) is 13.0 Å². The van der Waals surface area contributed by atoms with Gasteiger partial charge in [-0.05, 0) is 48.7 Å². The fraction of sp³-hybridized carbons (Fsp3) is 0.214. The summed E-state index contributed by atoms with van der Waals surface area (Å²) in [7, 11) is 0. The van der Waals surface area contributed by atoms with Crippen molar-refractivity contribution in [3.63, 3.8) is 0 Å². The quantitative estimate of drug-likeness (QED) is 0.247. The van der Waals surface area contributed by atoms with E-state index in [-0.39, 0.29) is 5.91 Å². The average molecular weight is 502 g/mol. The van der Waals surface area contributed by atoms with Gasteiger partial charge in [-0.3, -0.25) is 4.79 Å². The third kappa shape index (κ3) is 6.42. The number of carbonyl (C=O) groups excluding carboxylic acids is 1. The van der Waals surface area contributed by atoms with E-state index in [1.54, 1.807) is 0 Å². The second-order valence-electron chi connectivity index (χ2n) is 8.02. The number of imidazole rings is 1. The normalized spacial score (nSPS) is 11.3. The Morgan fingerprint density at radius 1 is 0.939 bits per heavy atom. The predicted molar refractivity (Wildman–Crippen MR) is 139 cm³/mol. The van der Waals surface area contributed by atoms with Crippen LogP contribution < -0.4 is 5.32 Å². The number of benzene rings is 3. The number of carbonyl (C=O) groups is 1. The number of aromatic nitrogens is 2. The molecule has 1 N–H and O–H groups in total. The molecule has 5 heteroatoms. The van der Waals surface area contributed by atoms with Crippen molar-refractivity contribution in [1.29, 1.82) is 0 Å². The van der Waals surface area contributed by atoms with Gasteiger partial charge in [0, 0.05) is 29.5 Å². The molecule has 0 aliphatic heterocycles. The molecule has 0 aliphatic carbocycles. The minimum absolute atomic E-state index is 0.0247. The zero-order valence-corrected chi connectivity index (χ0v) is 20.2. The molecule has 4 nitrogen and oxygen atoms in total. The fourth-order valence-electron chi connectivity index (χ4n) is 3.90. The van der Waals surface area contributed by atoms with E-state index in [0.717, 1.165) is 48.0 Å². The first-order valence-corrected chi connectivity index (χ1v) is 12.2. The fourth-order valence-corrected chi connectivity index (χ4v) is 4.30. The maximum atomic E-state index is 12.2. The van der Waals surface area contributed by atoms with Crippen molar-refractivity contribution in [2.75, 3.05) is 6.54 Å². The Labute approximate surface area is 203 Å². The van der Waals surface area contributed by atoms with E-state index in [1.807, 2.05) is 36.4 Å². The summed E-state index contributed by atoms with van der Waals surface area (Å²) in [6, 6.07) is 26.1. The topological polar surface area (TPSA) is 46.9 Å². The smallest absolute Gasteiger partial charge is 0.251 e. The highest BCUT2D eigenvalue weighted by molar-refractivity contribution is 9.10. The largest absolute Gasteiger partial charge is 0.352 e. The lowest BCUT2D eigenvalue weighted by atomic mass is 10.1. The number of nitrogens with zero attached hydrogens (tertiary/aromatic N) is 2. The van der Waals surface area contributed by atoms with Crippen molar-refractivity contribution in [3.05, 3.63) is 106 Å². The molecule has 0 saturated carbocycles.